The molecule has 1 aromatic rings. The van der Waals surface area contributed by atoms with Gasteiger partial charge in [0.15, 0.2) is 0 Å². The number of furan rings is 1. The van der Waals surface area contributed by atoms with Gasteiger partial charge in [-0.05, 0) is 18.1 Å². The minimum atomic E-state index is 0.569. The van der Waals surface area contributed by atoms with Gasteiger partial charge in [-0.25, -0.2) is 0 Å². The van der Waals surface area contributed by atoms with Gasteiger partial charge >= 0.3 is 0 Å². The van der Waals surface area contributed by atoms with E-state index in [-0.39, 0.29) is 0 Å². The van der Waals surface area contributed by atoms with Gasteiger partial charge in [-0.1, -0.05) is 0 Å². The molecule has 2 heteroatoms. The predicted octanol–water partition coefficient (Wildman–Crippen LogP) is 1.74. The maximum atomic E-state index is 8.18. The number of nitriles is 1. The van der Waals surface area contributed by atoms with Gasteiger partial charge in [0.05, 0.1) is 18.6 Å². The first-order valence-corrected chi connectivity index (χ1v) is 2.81. The zero-order valence-electron chi connectivity index (χ0n) is 5.00. The van der Waals surface area contributed by atoms with Crippen LogP contribution in [0.2, 0.25) is 0 Å². The Hall–Kier alpha value is -1.23. The third kappa shape index (κ3) is 1.61. The van der Waals surface area contributed by atoms with Crippen LogP contribution in [0.5, 0.6) is 0 Å². The van der Waals surface area contributed by atoms with Gasteiger partial charge in [0, 0.05) is 6.42 Å². The number of hydrogen-bond acceptors (Lipinski definition) is 2. The lowest BCUT2D eigenvalue weighted by molar-refractivity contribution is 0.564. The molecule has 0 bridgehead atoms. The molecule has 0 saturated heterocycles. The molecule has 0 unspecified atom stereocenters. The second-order valence-electron chi connectivity index (χ2n) is 1.79. The van der Waals surface area contributed by atoms with Gasteiger partial charge in [0.2, 0.25) is 0 Å². The highest BCUT2D eigenvalue weighted by molar-refractivity contribution is 5.06. The van der Waals surface area contributed by atoms with E-state index in [1.54, 1.807) is 12.5 Å². The number of nitrogens with zero attached hydrogens (tertiary/aromatic N) is 1. The lowest BCUT2D eigenvalue weighted by Crippen LogP contribution is -1.76. The predicted molar refractivity (Wildman–Crippen MR) is 32.6 cm³/mol. The molecule has 1 aromatic heterocycles. The van der Waals surface area contributed by atoms with E-state index in [2.05, 4.69) is 6.07 Å². The molecule has 0 aromatic carbocycles. The summed E-state index contributed by atoms with van der Waals surface area (Å²) in [4.78, 5) is 0. The van der Waals surface area contributed by atoms with Crippen LogP contribution >= 0.6 is 0 Å². The third-order valence-electron chi connectivity index (χ3n) is 1.11. The van der Waals surface area contributed by atoms with Crippen LogP contribution in [0, 0.1) is 11.3 Å². The van der Waals surface area contributed by atoms with E-state index >= 15 is 0 Å². The molecule has 0 saturated carbocycles. The normalized spacial score (nSPS) is 8.78. The molecule has 2 nitrogen and oxygen atoms in total. The molecule has 0 fully saturated rings. The van der Waals surface area contributed by atoms with Crippen molar-refractivity contribution in [3.8, 4) is 6.07 Å². The van der Waals surface area contributed by atoms with E-state index in [0.29, 0.717) is 6.42 Å². The summed E-state index contributed by atoms with van der Waals surface area (Å²) in [5.74, 6) is 0. The van der Waals surface area contributed by atoms with Crippen molar-refractivity contribution in [2.24, 2.45) is 0 Å². The minimum absolute atomic E-state index is 0.569. The Kier molecular flexibility index (Phi) is 1.92. The van der Waals surface area contributed by atoms with Crippen LogP contribution in [0.1, 0.15) is 12.0 Å². The molecule has 0 N–H and O–H groups in total. The van der Waals surface area contributed by atoms with Gasteiger partial charge in [0.1, 0.15) is 0 Å². The molecule has 0 aliphatic rings. The zero-order valence-corrected chi connectivity index (χ0v) is 5.00. The maximum absolute atomic E-state index is 8.18. The van der Waals surface area contributed by atoms with Gasteiger partial charge in [-0.15, -0.1) is 0 Å². The Morgan fingerprint density at radius 1 is 1.67 bits per heavy atom. The first-order valence-electron chi connectivity index (χ1n) is 2.81. The lowest BCUT2D eigenvalue weighted by Gasteiger charge is -1.83. The highest BCUT2D eigenvalue weighted by atomic mass is 16.3. The molecule has 1 heterocycles. The smallest absolute Gasteiger partial charge is 0.0934 e. The molecular weight excluding hydrogens is 114 g/mol. The summed E-state index contributed by atoms with van der Waals surface area (Å²) in [6.45, 7) is 0. The average molecular weight is 121 g/mol. The summed E-state index contributed by atoms with van der Waals surface area (Å²) in [6.07, 6.45) is 4.65. The monoisotopic (exact) mass is 121 g/mol. The fraction of sp³-hybridized carbons (Fsp3) is 0.286. The van der Waals surface area contributed by atoms with E-state index in [0.717, 1.165) is 12.0 Å². The van der Waals surface area contributed by atoms with Crippen molar-refractivity contribution in [2.45, 2.75) is 12.8 Å². The summed E-state index contributed by atoms with van der Waals surface area (Å²) in [6, 6.07) is 3.94. The molecule has 0 amide bonds. The van der Waals surface area contributed by atoms with Crippen molar-refractivity contribution in [1.29, 1.82) is 5.26 Å². The van der Waals surface area contributed by atoms with Gasteiger partial charge in [-0.2, -0.15) is 5.26 Å². The Labute approximate surface area is 53.7 Å². The number of rotatable bonds is 2. The van der Waals surface area contributed by atoms with Crippen LogP contribution in [0.4, 0.5) is 0 Å². The number of aryl methyl sites for hydroxylation is 1. The van der Waals surface area contributed by atoms with Crippen molar-refractivity contribution in [3.63, 3.8) is 0 Å². The van der Waals surface area contributed by atoms with E-state index in [4.69, 9.17) is 9.68 Å². The molecule has 0 atom stereocenters. The van der Waals surface area contributed by atoms with Crippen LogP contribution < -0.4 is 0 Å². The molecule has 0 aliphatic carbocycles. The summed E-state index contributed by atoms with van der Waals surface area (Å²) in [7, 11) is 0. The van der Waals surface area contributed by atoms with Crippen LogP contribution in [0.3, 0.4) is 0 Å². The quantitative estimate of drug-likeness (QED) is 0.597. The first kappa shape index (κ1) is 5.90. The topological polar surface area (TPSA) is 36.9 Å². The summed E-state index contributed by atoms with van der Waals surface area (Å²) < 4.78 is 4.80. The SMILES string of the molecule is N#CCCc1ccoc1. The Balaban J connectivity index is 2.41. The van der Waals surface area contributed by atoms with Crippen molar-refractivity contribution in [1.82, 2.24) is 0 Å². The van der Waals surface area contributed by atoms with Crippen LogP contribution in [0.15, 0.2) is 23.0 Å². The number of hydrogen-bond donors (Lipinski definition) is 0. The third-order valence-corrected chi connectivity index (χ3v) is 1.11. The highest BCUT2D eigenvalue weighted by Gasteiger charge is 1.90. The average Bonchev–Trinajstić information content (AvgIpc) is 2.34. The van der Waals surface area contributed by atoms with E-state index < -0.39 is 0 Å². The molecule has 46 valence electrons. The first-order chi connectivity index (χ1) is 4.43. The molecule has 0 spiro atoms. The Morgan fingerprint density at radius 3 is 3.11 bits per heavy atom. The largest absolute Gasteiger partial charge is 0.472 e. The second-order valence-corrected chi connectivity index (χ2v) is 1.79. The molecule has 0 aliphatic heterocycles. The van der Waals surface area contributed by atoms with Crippen molar-refractivity contribution in [3.05, 3.63) is 24.2 Å². The Bertz CT molecular complexity index is 195. The zero-order chi connectivity index (χ0) is 6.53. The van der Waals surface area contributed by atoms with E-state index in [1.807, 2.05) is 6.07 Å². The van der Waals surface area contributed by atoms with Gasteiger partial charge in [-0.3, -0.25) is 0 Å². The standard InChI is InChI=1S/C7H7NO/c8-4-1-2-7-3-5-9-6-7/h3,5-6H,1-2H2. The minimum Gasteiger partial charge on any atom is -0.472 e. The summed E-state index contributed by atoms with van der Waals surface area (Å²) in [5, 5.41) is 8.18. The van der Waals surface area contributed by atoms with Crippen LogP contribution in [0.25, 0.3) is 0 Å². The highest BCUT2D eigenvalue weighted by Crippen LogP contribution is 2.01. The van der Waals surface area contributed by atoms with Gasteiger partial charge in [0.25, 0.3) is 0 Å². The second kappa shape index (κ2) is 2.93. The summed E-state index contributed by atoms with van der Waals surface area (Å²) >= 11 is 0. The summed E-state index contributed by atoms with van der Waals surface area (Å²) in [5.41, 5.74) is 1.09. The van der Waals surface area contributed by atoms with E-state index in [1.165, 1.54) is 0 Å². The molecular formula is C7H7NO. The van der Waals surface area contributed by atoms with Crippen molar-refractivity contribution in [2.75, 3.05) is 0 Å². The molecule has 1 rings (SSSR count). The molecule has 0 radical (unpaired) electrons. The van der Waals surface area contributed by atoms with Crippen LogP contribution in [-0.4, -0.2) is 0 Å². The fourth-order valence-electron chi connectivity index (χ4n) is 0.635. The lowest BCUT2D eigenvalue weighted by atomic mass is 10.2. The van der Waals surface area contributed by atoms with Crippen LogP contribution in [-0.2, 0) is 6.42 Å². The van der Waals surface area contributed by atoms with Crippen molar-refractivity contribution < 1.29 is 4.42 Å². The fourth-order valence-corrected chi connectivity index (χ4v) is 0.635. The van der Waals surface area contributed by atoms with E-state index in [9.17, 15) is 0 Å². The van der Waals surface area contributed by atoms with Gasteiger partial charge < -0.3 is 4.42 Å². The maximum Gasteiger partial charge on any atom is 0.0934 e. The Morgan fingerprint density at radius 2 is 2.56 bits per heavy atom. The molecule has 9 heavy (non-hydrogen) atoms. The van der Waals surface area contributed by atoms with Crippen molar-refractivity contribution >= 4 is 0 Å².